The summed E-state index contributed by atoms with van der Waals surface area (Å²) in [6.45, 7) is 0. The first-order valence-electron chi connectivity index (χ1n) is 7.83. The summed E-state index contributed by atoms with van der Waals surface area (Å²) in [6, 6.07) is 19.1. The van der Waals surface area contributed by atoms with Crippen molar-refractivity contribution in [3.8, 4) is 16.9 Å². The first kappa shape index (κ1) is 18.4. The molecule has 0 saturated carbocycles. The summed E-state index contributed by atoms with van der Waals surface area (Å²) < 4.78 is 26.2. The Morgan fingerprint density at radius 3 is 2.19 bits per heavy atom. The molecule has 3 rings (SSSR count). The highest BCUT2D eigenvalue weighted by Crippen LogP contribution is 2.33. The van der Waals surface area contributed by atoms with Gasteiger partial charge in [0.1, 0.15) is 11.3 Å². The zero-order chi connectivity index (χ0) is 19.6. The molecule has 0 radical (unpaired) electrons. The zero-order valence-electron chi connectivity index (χ0n) is 14.0. The molecule has 138 valence electrons. The molecule has 0 amide bonds. The molecule has 4 N–H and O–H groups in total. The minimum atomic E-state index is -4.23. The van der Waals surface area contributed by atoms with Gasteiger partial charge in [-0.2, -0.15) is 12.8 Å². The van der Waals surface area contributed by atoms with E-state index in [1.165, 1.54) is 24.3 Å². The molecule has 27 heavy (non-hydrogen) atoms. The van der Waals surface area contributed by atoms with Gasteiger partial charge in [-0.15, -0.1) is 0 Å². The van der Waals surface area contributed by atoms with E-state index in [0.717, 1.165) is 11.6 Å². The molecule has 0 atom stereocenters. The van der Waals surface area contributed by atoms with E-state index in [4.69, 9.17) is 10.9 Å². The molecule has 0 aliphatic carbocycles. The number of hydrazine groups is 1. The number of benzene rings is 3. The number of rotatable bonds is 5. The van der Waals surface area contributed by atoms with E-state index in [1.54, 1.807) is 12.1 Å². The third kappa shape index (κ3) is 3.48. The van der Waals surface area contributed by atoms with Gasteiger partial charge in [0.05, 0.1) is 4.90 Å². The van der Waals surface area contributed by atoms with Crippen molar-refractivity contribution in [1.29, 1.82) is 0 Å². The molecule has 0 unspecified atom stereocenters. The van der Waals surface area contributed by atoms with Gasteiger partial charge in [0, 0.05) is 0 Å². The second-order valence-electron chi connectivity index (χ2n) is 5.67. The molecule has 0 fully saturated rings. The number of para-hydroxylation sites is 1. The molecule has 0 aliphatic heterocycles. The minimum Gasteiger partial charge on any atom is -0.505 e. The average Bonchev–Trinajstić information content (AvgIpc) is 2.68. The van der Waals surface area contributed by atoms with Gasteiger partial charge in [0.15, 0.2) is 5.75 Å². The summed E-state index contributed by atoms with van der Waals surface area (Å²) in [5, 5.41) is 19.2. The maximum absolute atomic E-state index is 12.9. The third-order valence-electron chi connectivity index (χ3n) is 3.98. The lowest BCUT2D eigenvalue weighted by Crippen LogP contribution is -2.37. The number of hydrogen-bond donors (Lipinski definition) is 3. The molecule has 0 aromatic heterocycles. The molecule has 0 bridgehead atoms. The van der Waals surface area contributed by atoms with Gasteiger partial charge in [-0.1, -0.05) is 48.5 Å². The van der Waals surface area contributed by atoms with Crippen LogP contribution in [0.25, 0.3) is 11.1 Å². The fraction of sp³-hybridized carbons (Fsp3) is 0. The van der Waals surface area contributed by atoms with Crippen LogP contribution in [0.15, 0.2) is 77.7 Å². The predicted octanol–water partition coefficient (Wildman–Crippen LogP) is 2.83. The van der Waals surface area contributed by atoms with Crippen LogP contribution in [0.2, 0.25) is 0 Å². The summed E-state index contributed by atoms with van der Waals surface area (Å²) in [4.78, 5) is 11.1. The molecule has 7 nitrogen and oxygen atoms in total. The fourth-order valence-corrected chi connectivity index (χ4v) is 3.75. The van der Waals surface area contributed by atoms with E-state index >= 15 is 0 Å². The number of hydrogen-bond acceptors (Lipinski definition) is 5. The van der Waals surface area contributed by atoms with Crippen molar-refractivity contribution in [2.24, 2.45) is 5.84 Å². The van der Waals surface area contributed by atoms with Crippen molar-refractivity contribution in [2.75, 3.05) is 4.41 Å². The number of nitrogens with two attached hydrogens (primary N) is 1. The molecular weight excluding hydrogens is 368 g/mol. The number of carboxylic acids is 1. The highest BCUT2D eigenvalue weighted by Gasteiger charge is 2.26. The van der Waals surface area contributed by atoms with Crippen molar-refractivity contribution < 1.29 is 23.4 Å². The Morgan fingerprint density at radius 2 is 1.52 bits per heavy atom. The molecule has 3 aromatic carbocycles. The number of phenols is 1. The molecular formula is C19H16N2O5S. The second-order valence-corrected chi connectivity index (χ2v) is 7.49. The van der Waals surface area contributed by atoms with Gasteiger partial charge >= 0.3 is 5.97 Å². The Kier molecular flexibility index (Phi) is 4.85. The lowest BCUT2D eigenvalue weighted by Gasteiger charge is -2.20. The Morgan fingerprint density at radius 1 is 0.889 bits per heavy atom. The largest absolute Gasteiger partial charge is 0.505 e. The van der Waals surface area contributed by atoms with Crippen LogP contribution in [0.5, 0.6) is 5.75 Å². The number of anilines is 1. The molecule has 3 aromatic rings. The summed E-state index contributed by atoms with van der Waals surface area (Å²) in [5.41, 5.74) is 0.721. The molecule has 0 aliphatic rings. The monoisotopic (exact) mass is 384 g/mol. The molecule has 8 heteroatoms. The first-order chi connectivity index (χ1) is 12.8. The summed E-state index contributed by atoms with van der Waals surface area (Å²) >= 11 is 0. The second kappa shape index (κ2) is 7.10. The van der Waals surface area contributed by atoms with Crippen LogP contribution in [0.1, 0.15) is 10.4 Å². The zero-order valence-corrected chi connectivity index (χ0v) is 14.8. The Bertz CT molecular complexity index is 1100. The number of sulfonamides is 1. The lowest BCUT2D eigenvalue weighted by molar-refractivity contribution is 0.0694. The van der Waals surface area contributed by atoms with Crippen LogP contribution in [0, 0.1) is 0 Å². The average molecular weight is 384 g/mol. The maximum atomic E-state index is 12.9. The quantitative estimate of drug-likeness (QED) is 0.459. The van der Waals surface area contributed by atoms with Crippen LogP contribution in [-0.2, 0) is 10.0 Å². The predicted molar refractivity (Wildman–Crippen MR) is 101 cm³/mol. The Balaban J connectivity index is 2.05. The van der Waals surface area contributed by atoms with Crippen LogP contribution >= 0.6 is 0 Å². The van der Waals surface area contributed by atoms with Crippen molar-refractivity contribution in [3.63, 3.8) is 0 Å². The third-order valence-corrected chi connectivity index (χ3v) is 5.54. The number of nitrogens with zero attached hydrogens (tertiary/aromatic N) is 1. The normalized spacial score (nSPS) is 11.1. The first-order valence-corrected chi connectivity index (χ1v) is 9.27. The van der Waals surface area contributed by atoms with E-state index in [1.807, 2.05) is 30.3 Å². The Labute approximate surface area is 155 Å². The fourth-order valence-electron chi connectivity index (χ4n) is 2.59. The van der Waals surface area contributed by atoms with Crippen molar-refractivity contribution in [1.82, 2.24) is 0 Å². The Hall–Kier alpha value is -3.36. The smallest absolute Gasteiger partial charge is 0.339 e. The van der Waals surface area contributed by atoms with Gasteiger partial charge in [0.25, 0.3) is 10.0 Å². The summed E-state index contributed by atoms with van der Waals surface area (Å²) in [6.07, 6.45) is 0. The summed E-state index contributed by atoms with van der Waals surface area (Å²) in [5.74, 6) is 3.63. The van der Waals surface area contributed by atoms with E-state index in [0.29, 0.717) is 9.98 Å². The van der Waals surface area contributed by atoms with Crippen LogP contribution in [0.4, 0.5) is 5.69 Å². The molecule has 0 heterocycles. The van der Waals surface area contributed by atoms with Gasteiger partial charge in [-0.3, -0.25) is 0 Å². The van der Waals surface area contributed by atoms with Gasteiger partial charge < -0.3 is 10.2 Å². The number of aromatic hydroxyl groups is 1. The molecule has 0 spiro atoms. The van der Waals surface area contributed by atoms with Crippen molar-refractivity contribution >= 4 is 21.7 Å². The minimum absolute atomic E-state index is 0.0912. The lowest BCUT2D eigenvalue weighted by atomic mass is 10.1. The number of aromatic carboxylic acids is 1. The molecule has 0 saturated heterocycles. The van der Waals surface area contributed by atoms with Crippen molar-refractivity contribution in [2.45, 2.75) is 4.90 Å². The van der Waals surface area contributed by atoms with E-state index in [2.05, 4.69) is 0 Å². The highest BCUT2D eigenvalue weighted by atomic mass is 32.2. The van der Waals surface area contributed by atoms with Gasteiger partial charge in [-0.25, -0.2) is 10.6 Å². The number of carboxylic acid groups (broad SMARTS) is 1. The SMILES string of the molecule is NN(c1cccc(C(=O)O)c1O)S(=O)(=O)c1cccc(-c2ccccc2)c1. The van der Waals surface area contributed by atoms with Crippen LogP contribution < -0.4 is 10.3 Å². The highest BCUT2D eigenvalue weighted by molar-refractivity contribution is 7.92. The van der Waals surface area contributed by atoms with Crippen LogP contribution in [0.3, 0.4) is 0 Å². The maximum Gasteiger partial charge on any atom is 0.339 e. The number of carbonyl (C=O) groups is 1. The van der Waals surface area contributed by atoms with Crippen molar-refractivity contribution in [3.05, 3.63) is 78.4 Å². The summed E-state index contributed by atoms with van der Waals surface area (Å²) in [7, 11) is -4.23. The van der Waals surface area contributed by atoms with E-state index in [9.17, 15) is 18.3 Å². The van der Waals surface area contributed by atoms with Gasteiger partial charge in [-0.05, 0) is 35.4 Å². The standard InChI is InChI=1S/C19H16N2O5S/c20-21(17-11-5-10-16(18(17)22)19(23)24)27(25,26)15-9-4-8-14(12-15)13-6-2-1-3-7-13/h1-12,22H,20H2,(H,23,24). The van der Waals surface area contributed by atoms with Crippen LogP contribution in [-0.4, -0.2) is 24.6 Å². The van der Waals surface area contributed by atoms with Gasteiger partial charge in [0.2, 0.25) is 0 Å². The van der Waals surface area contributed by atoms with E-state index in [-0.39, 0.29) is 10.6 Å². The topological polar surface area (TPSA) is 121 Å². The van der Waals surface area contributed by atoms with E-state index < -0.39 is 27.3 Å².